The number of para-hydroxylation sites is 1. The molecule has 18 heavy (non-hydrogen) atoms. The number of rotatable bonds is 4. The summed E-state index contributed by atoms with van der Waals surface area (Å²) in [6.07, 6.45) is 4.37. The average molecular weight is 240 g/mol. The highest BCUT2D eigenvalue weighted by Crippen LogP contribution is 2.30. The molecule has 1 aromatic carbocycles. The zero-order chi connectivity index (χ0) is 12.8. The molecule has 0 bridgehead atoms. The van der Waals surface area contributed by atoms with Gasteiger partial charge in [-0.25, -0.2) is 0 Å². The van der Waals surface area contributed by atoms with Crippen LogP contribution in [0.1, 0.15) is 11.3 Å². The van der Waals surface area contributed by atoms with Crippen molar-refractivity contribution in [2.45, 2.75) is 13.3 Å². The van der Waals surface area contributed by atoms with Crippen LogP contribution < -0.4 is 4.74 Å². The van der Waals surface area contributed by atoms with Crippen molar-refractivity contribution in [3.8, 4) is 5.75 Å². The second kappa shape index (κ2) is 5.96. The summed E-state index contributed by atoms with van der Waals surface area (Å²) >= 11 is 0. The van der Waals surface area contributed by atoms with E-state index in [0.717, 1.165) is 29.1 Å². The van der Waals surface area contributed by atoms with Gasteiger partial charge in [0.05, 0.1) is 7.11 Å². The van der Waals surface area contributed by atoms with E-state index < -0.39 is 0 Å². The van der Waals surface area contributed by atoms with Crippen molar-refractivity contribution in [2.24, 2.45) is 4.99 Å². The second-order valence-electron chi connectivity index (χ2n) is 3.96. The van der Waals surface area contributed by atoms with Crippen molar-refractivity contribution in [2.75, 3.05) is 7.11 Å². The number of aryl methyl sites for hydroxylation is 1. The summed E-state index contributed by atoms with van der Waals surface area (Å²) in [6.45, 7) is 2.01. The van der Waals surface area contributed by atoms with Gasteiger partial charge in [-0.1, -0.05) is 18.2 Å². The Labute approximate surface area is 107 Å². The predicted octanol–water partition coefficient (Wildman–Crippen LogP) is 3.34. The van der Waals surface area contributed by atoms with E-state index in [-0.39, 0.29) is 0 Å². The summed E-state index contributed by atoms with van der Waals surface area (Å²) in [4.78, 5) is 8.69. The van der Waals surface area contributed by atoms with Crippen LogP contribution >= 0.6 is 0 Å². The Morgan fingerprint density at radius 1 is 1.22 bits per heavy atom. The monoisotopic (exact) mass is 240 g/mol. The van der Waals surface area contributed by atoms with Crippen LogP contribution in [0.2, 0.25) is 0 Å². The summed E-state index contributed by atoms with van der Waals surface area (Å²) in [6, 6.07) is 11.8. The Hall–Kier alpha value is -2.16. The molecule has 0 aliphatic rings. The van der Waals surface area contributed by atoms with E-state index in [1.54, 1.807) is 13.3 Å². The van der Waals surface area contributed by atoms with Crippen molar-refractivity contribution in [1.29, 1.82) is 0 Å². The fourth-order valence-corrected chi connectivity index (χ4v) is 1.76. The Morgan fingerprint density at radius 3 is 2.83 bits per heavy atom. The van der Waals surface area contributed by atoms with E-state index in [1.165, 1.54) is 0 Å². The van der Waals surface area contributed by atoms with Gasteiger partial charge in [0.1, 0.15) is 11.4 Å². The van der Waals surface area contributed by atoms with Gasteiger partial charge in [0.2, 0.25) is 0 Å². The van der Waals surface area contributed by atoms with Gasteiger partial charge in [0.15, 0.2) is 0 Å². The number of hydrogen-bond donors (Lipinski definition) is 0. The molecule has 0 saturated carbocycles. The highest BCUT2D eigenvalue weighted by molar-refractivity contribution is 5.69. The van der Waals surface area contributed by atoms with E-state index in [9.17, 15) is 0 Å². The fraction of sp³-hybridized carbons (Fsp3) is 0.200. The van der Waals surface area contributed by atoms with E-state index in [4.69, 9.17) is 4.74 Å². The maximum absolute atomic E-state index is 5.35. The molecule has 0 spiro atoms. The summed E-state index contributed by atoms with van der Waals surface area (Å²) in [5, 5.41) is 0. The second-order valence-corrected chi connectivity index (χ2v) is 3.96. The molecular weight excluding hydrogens is 224 g/mol. The van der Waals surface area contributed by atoms with Gasteiger partial charge in [-0.05, 0) is 30.7 Å². The molecule has 0 atom stereocenters. The van der Waals surface area contributed by atoms with E-state index in [1.807, 2.05) is 49.5 Å². The SMILES string of the molecule is COc1c(C)cccc1N=CCc1ccccn1. The molecule has 2 rings (SSSR count). The average Bonchev–Trinajstić information content (AvgIpc) is 2.40. The van der Waals surface area contributed by atoms with Gasteiger partial charge in [0.25, 0.3) is 0 Å². The molecule has 1 aromatic heterocycles. The lowest BCUT2D eigenvalue weighted by Crippen LogP contribution is -1.90. The lowest BCUT2D eigenvalue weighted by Gasteiger charge is -2.06. The van der Waals surface area contributed by atoms with E-state index >= 15 is 0 Å². The molecular formula is C15H16N2O. The minimum Gasteiger partial charge on any atom is -0.494 e. The zero-order valence-electron chi connectivity index (χ0n) is 10.6. The van der Waals surface area contributed by atoms with Crippen LogP contribution in [0.25, 0.3) is 0 Å². The predicted molar refractivity (Wildman–Crippen MR) is 73.8 cm³/mol. The first-order valence-corrected chi connectivity index (χ1v) is 5.87. The van der Waals surface area contributed by atoms with Crippen LogP contribution in [0.4, 0.5) is 5.69 Å². The van der Waals surface area contributed by atoms with E-state index in [2.05, 4.69) is 9.98 Å². The Morgan fingerprint density at radius 2 is 2.11 bits per heavy atom. The van der Waals surface area contributed by atoms with Crippen LogP contribution in [0, 0.1) is 6.92 Å². The van der Waals surface area contributed by atoms with Crippen molar-refractivity contribution >= 4 is 11.9 Å². The molecule has 3 nitrogen and oxygen atoms in total. The highest BCUT2D eigenvalue weighted by atomic mass is 16.5. The maximum atomic E-state index is 5.35. The Balaban J connectivity index is 2.12. The number of ether oxygens (including phenoxy) is 1. The molecule has 0 aliphatic heterocycles. The molecule has 1 heterocycles. The van der Waals surface area contributed by atoms with Crippen molar-refractivity contribution in [3.05, 3.63) is 53.9 Å². The summed E-state index contributed by atoms with van der Waals surface area (Å²) in [7, 11) is 1.67. The zero-order valence-corrected chi connectivity index (χ0v) is 10.6. The number of aromatic nitrogens is 1. The number of hydrogen-bond acceptors (Lipinski definition) is 3. The molecule has 0 radical (unpaired) electrons. The third-order valence-electron chi connectivity index (χ3n) is 2.65. The summed E-state index contributed by atoms with van der Waals surface area (Å²) in [5.41, 5.74) is 2.95. The summed E-state index contributed by atoms with van der Waals surface area (Å²) in [5.74, 6) is 0.828. The van der Waals surface area contributed by atoms with Crippen molar-refractivity contribution in [1.82, 2.24) is 4.98 Å². The number of methoxy groups -OCH3 is 1. The molecule has 0 aliphatic carbocycles. The van der Waals surface area contributed by atoms with Gasteiger partial charge < -0.3 is 4.74 Å². The number of pyridine rings is 1. The van der Waals surface area contributed by atoms with Crippen LogP contribution in [-0.4, -0.2) is 18.3 Å². The fourth-order valence-electron chi connectivity index (χ4n) is 1.76. The minimum atomic E-state index is 0.720. The minimum absolute atomic E-state index is 0.720. The number of aliphatic imine (C=N–C) groups is 1. The quantitative estimate of drug-likeness (QED) is 0.768. The van der Waals surface area contributed by atoms with Crippen molar-refractivity contribution in [3.63, 3.8) is 0 Å². The Bertz CT molecular complexity index is 535. The van der Waals surface area contributed by atoms with Crippen LogP contribution in [0.5, 0.6) is 5.75 Å². The first-order valence-electron chi connectivity index (χ1n) is 5.87. The lowest BCUT2D eigenvalue weighted by atomic mass is 10.2. The van der Waals surface area contributed by atoms with Gasteiger partial charge in [-0.2, -0.15) is 0 Å². The molecule has 0 saturated heterocycles. The first-order chi connectivity index (χ1) is 8.81. The van der Waals surface area contributed by atoms with E-state index in [0.29, 0.717) is 0 Å². The molecule has 92 valence electrons. The van der Waals surface area contributed by atoms with Gasteiger partial charge in [-0.3, -0.25) is 9.98 Å². The van der Waals surface area contributed by atoms with Crippen LogP contribution in [0.15, 0.2) is 47.6 Å². The molecule has 0 N–H and O–H groups in total. The Kier molecular flexibility index (Phi) is 4.07. The first kappa shape index (κ1) is 12.3. The van der Waals surface area contributed by atoms with Gasteiger partial charge in [-0.15, -0.1) is 0 Å². The maximum Gasteiger partial charge on any atom is 0.147 e. The smallest absolute Gasteiger partial charge is 0.147 e. The molecule has 0 unspecified atom stereocenters. The standard InChI is InChI=1S/C15H16N2O/c1-12-6-5-8-14(15(12)18-2)17-11-9-13-7-3-4-10-16-13/h3-8,10-11H,9H2,1-2H3. The lowest BCUT2D eigenvalue weighted by molar-refractivity contribution is 0.413. The third-order valence-corrected chi connectivity index (χ3v) is 2.65. The van der Waals surface area contributed by atoms with Crippen LogP contribution in [0.3, 0.4) is 0 Å². The normalized spacial score (nSPS) is 10.8. The molecule has 3 heteroatoms. The van der Waals surface area contributed by atoms with Crippen LogP contribution in [-0.2, 0) is 6.42 Å². The number of nitrogens with zero attached hydrogens (tertiary/aromatic N) is 2. The third kappa shape index (κ3) is 2.94. The molecule has 0 amide bonds. The topological polar surface area (TPSA) is 34.5 Å². The highest BCUT2D eigenvalue weighted by Gasteiger charge is 2.03. The molecule has 0 fully saturated rings. The molecule has 2 aromatic rings. The number of benzene rings is 1. The summed E-state index contributed by atoms with van der Waals surface area (Å²) < 4.78 is 5.35. The van der Waals surface area contributed by atoms with Gasteiger partial charge >= 0.3 is 0 Å². The van der Waals surface area contributed by atoms with Crippen molar-refractivity contribution < 1.29 is 4.74 Å². The largest absolute Gasteiger partial charge is 0.494 e. The van der Waals surface area contributed by atoms with Gasteiger partial charge in [0, 0.05) is 24.5 Å².